The predicted molar refractivity (Wildman–Crippen MR) is 69.5 cm³/mol. The molecule has 0 aromatic carbocycles. The van der Waals surface area contributed by atoms with Gasteiger partial charge in [0.2, 0.25) is 5.91 Å². The van der Waals surface area contributed by atoms with Gasteiger partial charge in [-0.3, -0.25) is 4.79 Å². The smallest absolute Gasteiger partial charge is 0.221 e. The van der Waals surface area contributed by atoms with Gasteiger partial charge in [0.25, 0.3) is 0 Å². The van der Waals surface area contributed by atoms with Gasteiger partial charge in [-0.25, -0.2) is 0 Å². The second-order valence-corrected chi connectivity index (χ2v) is 4.06. The fraction of sp³-hybridized carbons (Fsp3) is 0.600. The highest BCUT2D eigenvalue weighted by molar-refractivity contribution is 7.11. The monoisotopic (exact) mass is 258 g/mol. The van der Waals surface area contributed by atoms with Crippen molar-refractivity contribution in [2.45, 2.75) is 20.3 Å². The summed E-state index contributed by atoms with van der Waals surface area (Å²) in [6.45, 7) is 5.50. The molecule has 0 fully saturated rings. The number of ether oxygens (including phenoxy) is 1. The molecule has 0 saturated carbocycles. The van der Waals surface area contributed by atoms with Gasteiger partial charge in [0.05, 0.1) is 6.61 Å². The van der Waals surface area contributed by atoms with Crippen LogP contribution in [0.3, 0.4) is 0 Å². The first kappa shape index (κ1) is 13.6. The number of nitrogens with two attached hydrogens (primary N) is 1. The first-order valence-corrected chi connectivity index (χ1v) is 6.34. The number of hydrogen-bond donors (Lipinski definition) is 3. The van der Waals surface area contributed by atoms with Crippen molar-refractivity contribution in [3.05, 3.63) is 0 Å². The van der Waals surface area contributed by atoms with Crippen LogP contribution < -0.4 is 21.1 Å². The number of nitrogens with zero attached hydrogens (tertiary/aromatic N) is 1. The van der Waals surface area contributed by atoms with Crippen molar-refractivity contribution in [3.63, 3.8) is 0 Å². The van der Waals surface area contributed by atoms with Crippen LogP contribution in [0.1, 0.15) is 20.3 Å². The van der Waals surface area contributed by atoms with Gasteiger partial charge in [0.15, 0.2) is 16.6 Å². The number of carbonyl (C=O) groups is 1. The molecule has 96 valence electrons. The van der Waals surface area contributed by atoms with Crippen LogP contribution in [0.4, 0.5) is 10.8 Å². The highest BCUT2D eigenvalue weighted by atomic mass is 32.1. The Hall–Kier alpha value is -1.50. The molecule has 0 saturated heterocycles. The third kappa shape index (κ3) is 4.10. The first-order valence-electron chi connectivity index (χ1n) is 5.57. The second kappa shape index (κ2) is 6.95. The Kier molecular flexibility index (Phi) is 5.55. The zero-order valence-electron chi connectivity index (χ0n) is 10.1. The van der Waals surface area contributed by atoms with E-state index in [0.717, 1.165) is 5.00 Å². The molecule has 0 spiro atoms. The molecular formula is C10H18N4O2S. The Morgan fingerprint density at radius 1 is 1.53 bits per heavy atom. The largest absolute Gasteiger partial charge is 0.487 e. The van der Waals surface area contributed by atoms with Crippen molar-refractivity contribution in [1.29, 1.82) is 0 Å². The van der Waals surface area contributed by atoms with Crippen LogP contribution in [0.5, 0.6) is 5.75 Å². The van der Waals surface area contributed by atoms with Gasteiger partial charge in [0.1, 0.15) is 0 Å². The van der Waals surface area contributed by atoms with Crippen LogP contribution >= 0.6 is 11.5 Å². The number of anilines is 2. The maximum Gasteiger partial charge on any atom is 0.221 e. The summed E-state index contributed by atoms with van der Waals surface area (Å²) in [5, 5.41) is 6.60. The number of rotatable bonds is 7. The van der Waals surface area contributed by atoms with Crippen molar-refractivity contribution < 1.29 is 9.53 Å². The summed E-state index contributed by atoms with van der Waals surface area (Å²) in [5.41, 5.74) is 5.66. The Morgan fingerprint density at radius 3 is 2.94 bits per heavy atom. The predicted octanol–water partition coefficient (Wildman–Crippen LogP) is 1.06. The van der Waals surface area contributed by atoms with Gasteiger partial charge >= 0.3 is 0 Å². The average molecular weight is 258 g/mol. The molecule has 1 amide bonds. The molecule has 1 heterocycles. The number of amides is 1. The summed E-state index contributed by atoms with van der Waals surface area (Å²) in [7, 11) is 0. The third-order valence-electron chi connectivity index (χ3n) is 1.97. The average Bonchev–Trinajstić information content (AvgIpc) is 2.62. The van der Waals surface area contributed by atoms with E-state index in [1.54, 1.807) is 0 Å². The zero-order chi connectivity index (χ0) is 12.7. The molecule has 0 unspecified atom stereocenters. The fourth-order valence-corrected chi connectivity index (χ4v) is 1.95. The SMILES string of the molecule is CCNC(=O)CCNc1snc(N)c1OCC. The van der Waals surface area contributed by atoms with Gasteiger partial charge in [-0.05, 0) is 25.4 Å². The van der Waals surface area contributed by atoms with Crippen LogP contribution in [0.15, 0.2) is 0 Å². The summed E-state index contributed by atoms with van der Waals surface area (Å²) < 4.78 is 9.37. The van der Waals surface area contributed by atoms with E-state index in [2.05, 4.69) is 15.0 Å². The van der Waals surface area contributed by atoms with Gasteiger partial charge in [-0.15, -0.1) is 0 Å². The molecular weight excluding hydrogens is 240 g/mol. The normalized spacial score (nSPS) is 10.0. The summed E-state index contributed by atoms with van der Waals surface area (Å²) in [5.74, 6) is 0.987. The maximum atomic E-state index is 11.2. The summed E-state index contributed by atoms with van der Waals surface area (Å²) >= 11 is 1.24. The number of nitrogens with one attached hydrogen (secondary N) is 2. The molecule has 4 N–H and O–H groups in total. The molecule has 0 radical (unpaired) electrons. The lowest BCUT2D eigenvalue weighted by Crippen LogP contribution is -2.24. The van der Waals surface area contributed by atoms with E-state index < -0.39 is 0 Å². The van der Waals surface area contributed by atoms with Gasteiger partial charge < -0.3 is 21.1 Å². The zero-order valence-corrected chi connectivity index (χ0v) is 10.9. The quantitative estimate of drug-likeness (QED) is 0.680. The molecule has 0 aliphatic carbocycles. The fourth-order valence-electron chi connectivity index (χ4n) is 1.27. The van der Waals surface area contributed by atoms with E-state index in [4.69, 9.17) is 10.5 Å². The molecule has 7 heteroatoms. The van der Waals surface area contributed by atoms with E-state index in [1.807, 2.05) is 13.8 Å². The van der Waals surface area contributed by atoms with Crippen LogP contribution in [0.2, 0.25) is 0 Å². The molecule has 0 bridgehead atoms. The van der Waals surface area contributed by atoms with Crippen molar-refractivity contribution in [1.82, 2.24) is 9.69 Å². The highest BCUT2D eigenvalue weighted by Crippen LogP contribution is 2.34. The molecule has 1 aromatic heterocycles. The first-order chi connectivity index (χ1) is 8.19. The van der Waals surface area contributed by atoms with E-state index >= 15 is 0 Å². The van der Waals surface area contributed by atoms with Crippen LogP contribution in [-0.2, 0) is 4.79 Å². The molecule has 1 aromatic rings. The standard InChI is InChI=1S/C10H18N4O2S/c1-3-12-7(15)5-6-13-10-8(16-4-2)9(11)14-17-10/h13H,3-6H2,1-2H3,(H2,11,14)(H,12,15). The number of aromatic nitrogens is 1. The van der Waals surface area contributed by atoms with E-state index in [1.165, 1.54) is 11.5 Å². The number of carbonyl (C=O) groups excluding carboxylic acids is 1. The Bertz CT molecular complexity index is 367. The molecule has 0 aliphatic heterocycles. The summed E-state index contributed by atoms with van der Waals surface area (Å²) in [6.07, 6.45) is 0.414. The summed E-state index contributed by atoms with van der Waals surface area (Å²) in [4.78, 5) is 11.2. The molecule has 0 atom stereocenters. The topological polar surface area (TPSA) is 89.3 Å². The highest BCUT2D eigenvalue weighted by Gasteiger charge is 2.12. The van der Waals surface area contributed by atoms with E-state index in [9.17, 15) is 4.79 Å². The number of hydrogen-bond acceptors (Lipinski definition) is 6. The molecule has 6 nitrogen and oxygen atoms in total. The van der Waals surface area contributed by atoms with Crippen LogP contribution in [-0.4, -0.2) is 30.0 Å². The lowest BCUT2D eigenvalue weighted by molar-refractivity contribution is -0.120. The second-order valence-electron chi connectivity index (χ2n) is 3.29. The van der Waals surface area contributed by atoms with Gasteiger partial charge in [-0.2, -0.15) is 4.37 Å². The van der Waals surface area contributed by atoms with E-state index in [0.29, 0.717) is 37.7 Å². The van der Waals surface area contributed by atoms with Gasteiger partial charge in [0, 0.05) is 19.5 Å². The number of nitrogen functional groups attached to an aromatic ring is 1. The van der Waals surface area contributed by atoms with Gasteiger partial charge in [-0.1, -0.05) is 0 Å². The lowest BCUT2D eigenvalue weighted by atomic mass is 10.4. The molecule has 1 rings (SSSR count). The molecule has 17 heavy (non-hydrogen) atoms. The third-order valence-corrected chi connectivity index (χ3v) is 2.77. The maximum absolute atomic E-state index is 11.2. The minimum Gasteiger partial charge on any atom is -0.487 e. The van der Waals surface area contributed by atoms with Crippen LogP contribution in [0.25, 0.3) is 0 Å². The van der Waals surface area contributed by atoms with Crippen LogP contribution in [0, 0.1) is 0 Å². The van der Waals surface area contributed by atoms with E-state index in [-0.39, 0.29) is 5.91 Å². The minimum absolute atomic E-state index is 0.0236. The van der Waals surface area contributed by atoms with Crippen molar-refractivity contribution in [3.8, 4) is 5.75 Å². The van der Waals surface area contributed by atoms with Crippen molar-refractivity contribution >= 4 is 28.3 Å². The van der Waals surface area contributed by atoms with Crippen molar-refractivity contribution in [2.24, 2.45) is 0 Å². The molecule has 0 aliphatic rings. The lowest BCUT2D eigenvalue weighted by Gasteiger charge is -2.07. The Balaban J connectivity index is 2.43. The minimum atomic E-state index is 0.0236. The Labute approximate surface area is 105 Å². The van der Waals surface area contributed by atoms with Crippen molar-refractivity contribution in [2.75, 3.05) is 30.7 Å². The Morgan fingerprint density at radius 2 is 2.29 bits per heavy atom. The summed E-state index contributed by atoms with van der Waals surface area (Å²) in [6, 6.07) is 0.